The number of nitrogens with zero attached hydrogens (tertiary/aromatic N) is 3. The number of rotatable bonds is 6. The fourth-order valence-electron chi connectivity index (χ4n) is 1.92. The summed E-state index contributed by atoms with van der Waals surface area (Å²) < 4.78 is 15.2. The molecular weight excluding hydrogens is 243 g/mol. The maximum absolute atomic E-state index is 13.5. The molecule has 5 heteroatoms. The Kier molecular flexibility index (Phi) is 4.63. The average Bonchev–Trinajstić information content (AvgIpc) is 2.81. The van der Waals surface area contributed by atoms with Gasteiger partial charge in [0, 0.05) is 13.1 Å². The molecule has 0 saturated carbocycles. The summed E-state index contributed by atoms with van der Waals surface area (Å²) in [6.45, 7) is 2.77. The Bertz CT molecular complexity index is 524. The van der Waals surface area contributed by atoms with Crippen LogP contribution < -0.4 is 5.32 Å². The van der Waals surface area contributed by atoms with Gasteiger partial charge in [-0.3, -0.25) is 4.68 Å². The van der Waals surface area contributed by atoms with E-state index in [-0.39, 0.29) is 5.82 Å². The minimum absolute atomic E-state index is 0.122. The summed E-state index contributed by atoms with van der Waals surface area (Å²) in [5, 5.41) is 7.39. The Labute approximate surface area is 112 Å². The Morgan fingerprint density at radius 2 is 2.16 bits per heavy atom. The van der Waals surface area contributed by atoms with E-state index in [0.717, 1.165) is 24.2 Å². The molecule has 0 aliphatic heterocycles. The number of nitrogens with one attached hydrogen (secondary N) is 1. The molecule has 0 fully saturated rings. The molecule has 1 N–H and O–H groups in total. The predicted molar refractivity (Wildman–Crippen MR) is 72.0 cm³/mol. The van der Waals surface area contributed by atoms with Gasteiger partial charge in [-0.05, 0) is 31.4 Å². The van der Waals surface area contributed by atoms with Crippen molar-refractivity contribution in [2.45, 2.75) is 32.4 Å². The number of aromatic nitrogens is 3. The molecule has 0 unspecified atom stereocenters. The lowest BCUT2D eigenvalue weighted by Crippen LogP contribution is -2.27. The van der Waals surface area contributed by atoms with Crippen molar-refractivity contribution in [2.24, 2.45) is 7.05 Å². The molecule has 0 radical (unpaired) electrons. The Morgan fingerprint density at radius 1 is 1.37 bits per heavy atom. The van der Waals surface area contributed by atoms with Gasteiger partial charge >= 0.3 is 0 Å². The fraction of sp³-hybridized carbons (Fsp3) is 0.429. The zero-order valence-corrected chi connectivity index (χ0v) is 11.3. The SMILES string of the molecule is C[C@H](CCc1ccccc1F)NCc1ncnn1C. The molecule has 4 nitrogen and oxygen atoms in total. The van der Waals surface area contributed by atoms with Gasteiger partial charge < -0.3 is 5.32 Å². The van der Waals surface area contributed by atoms with Crippen molar-refractivity contribution in [2.75, 3.05) is 0 Å². The molecule has 1 aromatic carbocycles. The van der Waals surface area contributed by atoms with E-state index in [9.17, 15) is 4.39 Å². The zero-order chi connectivity index (χ0) is 13.7. The fourth-order valence-corrected chi connectivity index (χ4v) is 1.92. The van der Waals surface area contributed by atoms with Crippen LogP contribution in [0.4, 0.5) is 4.39 Å². The number of hydrogen-bond acceptors (Lipinski definition) is 3. The molecule has 0 bridgehead atoms. The van der Waals surface area contributed by atoms with Crippen LogP contribution in [0.5, 0.6) is 0 Å². The van der Waals surface area contributed by atoms with Crippen molar-refractivity contribution >= 4 is 0 Å². The van der Waals surface area contributed by atoms with Crippen LogP contribution in [0.2, 0.25) is 0 Å². The van der Waals surface area contributed by atoms with Crippen molar-refractivity contribution in [1.82, 2.24) is 20.1 Å². The van der Waals surface area contributed by atoms with Gasteiger partial charge in [0.15, 0.2) is 0 Å². The molecular formula is C14H19FN4. The Hall–Kier alpha value is -1.75. The highest BCUT2D eigenvalue weighted by atomic mass is 19.1. The van der Waals surface area contributed by atoms with Crippen molar-refractivity contribution < 1.29 is 4.39 Å². The number of benzene rings is 1. The summed E-state index contributed by atoms with van der Waals surface area (Å²) in [5.74, 6) is 0.778. The standard InChI is InChI=1S/C14H19FN4/c1-11(16-9-14-17-10-18-19(14)2)7-8-12-5-3-4-6-13(12)15/h3-6,10-11,16H,7-9H2,1-2H3/t11-/m1/s1. The maximum Gasteiger partial charge on any atom is 0.140 e. The van der Waals surface area contributed by atoms with Gasteiger partial charge in [-0.2, -0.15) is 5.10 Å². The lowest BCUT2D eigenvalue weighted by atomic mass is 10.1. The molecule has 2 aromatic rings. The molecule has 1 aromatic heterocycles. The molecule has 2 rings (SSSR count). The van der Waals surface area contributed by atoms with Crippen molar-refractivity contribution in [3.63, 3.8) is 0 Å². The quantitative estimate of drug-likeness (QED) is 0.866. The molecule has 0 aliphatic rings. The second kappa shape index (κ2) is 6.43. The summed E-state index contributed by atoms with van der Waals surface area (Å²) in [6.07, 6.45) is 3.17. The van der Waals surface area contributed by atoms with E-state index < -0.39 is 0 Å². The van der Waals surface area contributed by atoms with E-state index in [4.69, 9.17) is 0 Å². The lowest BCUT2D eigenvalue weighted by Gasteiger charge is -2.13. The van der Waals surface area contributed by atoms with E-state index in [1.165, 1.54) is 6.07 Å². The van der Waals surface area contributed by atoms with Crippen LogP contribution in [0.3, 0.4) is 0 Å². The molecule has 19 heavy (non-hydrogen) atoms. The van der Waals surface area contributed by atoms with Crippen LogP contribution in [0, 0.1) is 5.82 Å². The summed E-state index contributed by atoms with van der Waals surface area (Å²) in [6, 6.07) is 7.24. The van der Waals surface area contributed by atoms with Crippen molar-refractivity contribution in [3.05, 3.63) is 47.8 Å². The third-order valence-corrected chi connectivity index (χ3v) is 3.22. The summed E-state index contributed by atoms with van der Waals surface area (Å²) in [5.41, 5.74) is 0.773. The average molecular weight is 262 g/mol. The summed E-state index contributed by atoms with van der Waals surface area (Å²) >= 11 is 0. The lowest BCUT2D eigenvalue weighted by molar-refractivity contribution is 0.489. The van der Waals surface area contributed by atoms with Crippen molar-refractivity contribution in [1.29, 1.82) is 0 Å². The van der Waals surface area contributed by atoms with E-state index >= 15 is 0 Å². The van der Waals surface area contributed by atoms with E-state index in [2.05, 4.69) is 22.3 Å². The monoisotopic (exact) mass is 262 g/mol. The molecule has 102 valence electrons. The Balaban J connectivity index is 1.77. The third kappa shape index (κ3) is 3.86. The first-order chi connectivity index (χ1) is 9.16. The van der Waals surface area contributed by atoms with Gasteiger partial charge in [-0.1, -0.05) is 18.2 Å². The predicted octanol–water partition coefficient (Wildman–Crippen LogP) is 2.07. The maximum atomic E-state index is 13.5. The van der Waals surface area contributed by atoms with Crippen LogP contribution in [0.1, 0.15) is 24.7 Å². The third-order valence-electron chi connectivity index (χ3n) is 3.22. The number of aryl methyl sites for hydroxylation is 2. The van der Waals surface area contributed by atoms with Gasteiger partial charge in [0.1, 0.15) is 18.0 Å². The molecule has 0 spiro atoms. The first-order valence-electron chi connectivity index (χ1n) is 6.46. The van der Waals surface area contributed by atoms with Gasteiger partial charge in [-0.15, -0.1) is 0 Å². The zero-order valence-electron chi connectivity index (χ0n) is 11.3. The largest absolute Gasteiger partial charge is 0.307 e. The van der Waals surface area contributed by atoms with E-state index in [1.807, 2.05) is 19.2 Å². The highest BCUT2D eigenvalue weighted by Crippen LogP contribution is 2.10. The van der Waals surface area contributed by atoms with Crippen molar-refractivity contribution in [3.8, 4) is 0 Å². The second-order valence-corrected chi connectivity index (χ2v) is 4.71. The van der Waals surface area contributed by atoms with E-state index in [0.29, 0.717) is 12.6 Å². The molecule has 1 heterocycles. The van der Waals surface area contributed by atoms with E-state index in [1.54, 1.807) is 17.1 Å². The van der Waals surface area contributed by atoms with Gasteiger partial charge in [-0.25, -0.2) is 9.37 Å². The smallest absolute Gasteiger partial charge is 0.140 e. The highest BCUT2D eigenvalue weighted by Gasteiger charge is 2.07. The van der Waals surface area contributed by atoms with Crippen LogP contribution in [0.25, 0.3) is 0 Å². The number of hydrogen-bond donors (Lipinski definition) is 1. The summed E-state index contributed by atoms with van der Waals surface area (Å²) in [4.78, 5) is 4.15. The number of halogens is 1. The minimum Gasteiger partial charge on any atom is -0.307 e. The molecule has 0 saturated heterocycles. The topological polar surface area (TPSA) is 42.7 Å². The van der Waals surface area contributed by atoms with Crippen LogP contribution in [0.15, 0.2) is 30.6 Å². The van der Waals surface area contributed by atoms with Crippen LogP contribution in [-0.4, -0.2) is 20.8 Å². The van der Waals surface area contributed by atoms with Gasteiger partial charge in [0.25, 0.3) is 0 Å². The second-order valence-electron chi connectivity index (χ2n) is 4.71. The first kappa shape index (κ1) is 13.7. The molecule has 1 atom stereocenters. The normalized spacial score (nSPS) is 12.6. The molecule has 0 aliphatic carbocycles. The van der Waals surface area contributed by atoms with Gasteiger partial charge in [0.05, 0.1) is 6.54 Å². The minimum atomic E-state index is -0.122. The highest BCUT2D eigenvalue weighted by molar-refractivity contribution is 5.17. The first-order valence-corrected chi connectivity index (χ1v) is 6.46. The molecule has 0 amide bonds. The van der Waals surface area contributed by atoms with Gasteiger partial charge in [0.2, 0.25) is 0 Å². The van der Waals surface area contributed by atoms with Crippen LogP contribution >= 0.6 is 0 Å². The Morgan fingerprint density at radius 3 is 2.84 bits per heavy atom. The summed E-state index contributed by atoms with van der Waals surface area (Å²) in [7, 11) is 1.87. The van der Waals surface area contributed by atoms with Crippen LogP contribution in [-0.2, 0) is 20.0 Å².